The van der Waals surface area contributed by atoms with E-state index in [0.29, 0.717) is 18.4 Å². The summed E-state index contributed by atoms with van der Waals surface area (Å²) in [4.78, 5) is 24.7. The number of allylic oxidation sites excluding steroid dienone is 2. The van der Waals surface area contributed by atoms with E-state index in [2.05, 4.69) is 33.8 Å². The second kappa shape index (κ2) is 11.4. The van der Waals surface area contributed by atoms with Crippen LogP contribution in [0.1, 0.15) is 78.2 Å². The summed E-state index contributed by atoms with van der Waals surface area (Å²) in [6.45, 7) is 9.56. The van der Waals surface area contributed by atoms with Crippen LogP contribution in [0.3, 0.4) is 0 Å². The Morgan fingerprint density at radius 1 is 1.15 bits per heavy atom. The first kappa shape index (κ1) is 26.2. The monoisotopic (exact) mass is 466 g/mol. The van der Waals surface area contributed by atoms with Crippen LogP contribution >= 0.6 is 0 Å². The lowest BCUT2D eigenvalue weighted by Gasteiger charge is -2.53. The molecular weight excluding hydrogens is 424 g/mol. The molecule has 0 N–H and O–H groups in total. The van der Waals surface area contributed by atoms with Crippen molar-refractivity contribution in [3.05, 3.63) is 53.6 Å². The summed E-state index contributed by atoms with van der Waals surface area (Å²) in [7, 11) is 1.52. The summed E-state index contributed by atoms with van der Waals surface area (Å²) in [5.41, 5.74) is 2.16. The molecule has 5 atom stereocenters. The standard InChI is InChI=1S/C30H42O4/c1-22(18-21-34-27(31)16-14-24-10-7-6-8-11-24)17-20-29(3)23(2)13-15-26-25(29)12-9-19-30(26,4)28(32)33-5/h6-8,10-12,14,16,22-23,26H,9,13,15,17-21H2,1-5H3/b16-14-/t22-,23-,26+,29+,30+/m0/s1. The summed E-state index contributed by atoms with van der Waals surface area (Å²) in [6.07, 6.45) is 12.8. The minimum atomic E-state index is -0.409. The van der Waals surface area contributed by atoms with Gasteiger partial charge in [0.05, 0.1) is 19.1 Å². The fraction of sp³-hybridized carbons (Fsp3) is 0.600. The smallest absolute Gasteiger partial charge is 0.330 e. The first-order valence-electron chi connectivity index (χ1n) is 12.9. The van der Waals surface area contributed by atoms with E-state index in [4.69, 9.17) is 9.47 Å². The number of hydrogen-bond acceptors (Lipinski definition) is 4. The maximum absolute atomic E-state index is 12.7. The molecule has 1 aromatic carbocycles. The topological polar surface area (TPSA) is 52.6 Å². The molecule has 0 aliphatic heterocycles. The molecule has 4 heteroatoms. The van der Waals surface area contributed by atoms with Gasteiger partial charge in [0.1, 0.15) is 0 Å². The average Bonchev–Trinajstić information content (AvgIpc) is 2.84. The van der Waals surface area contributed by atoms with E-state index < -0.39 is 5.41 Å². The van der Waals surface area contributed by atoms with Gasteiger partial charge in [0.25, 0.3) is 0 Å². The highest BCUT2D eigenvalue weighted by Crippen LogP contribution is 2.58. The second-order valence-corrected chi connectivity index (χ2v) is 10.9. The molecular formula is C30H42O4. The molecule has 4 nitrogen and oxygen atoms in total. The Hall–Kier alpha value is -2.36. The predicted molar refractivity (Wildman–Crippen MR) is 137 cm³/mol. The molecule has 3 rings (SSSR count). The molecule has 2 aliphatic rings. The van der Waals surface area contributed by atoms with Gasteiger partial charge in [0.15, 0.2) is 0 Å². The van der Waals surface area contributed by atoms with Crippen LogP contribution in [-0.2, 0) is 19.1 Å². The third-order valence-electron chi connectivity index (χ3n) is 8.68. The number of benzene rings is 1. The van der Waals surface area contributed by atoms with E-state index in [-0.39, 0.29) is 23.3 Å². The minimum Gasteiger partial charge on any atom is -0.469 e. The van der Waals surface area contributed by atoms with Crippen molar-refractivity contribution in [2.24, 2.45) is 28.6 Å². The first-order chi connectivity index (χ1) is 16.2. The quantitative estimate of drug-likeness (QED) is 0.223. The van der Waals surface area contributed by atoms with Gasteiger partial charge in [-0.05, 0) is 86.7 Å². The molecule has 0 spiro atoms. The molecule has 1 saturated carbocycles. The Balaban J connectivity index is 1.53. The van der Waals surface area contributed by atoms with Crippen LogP contribution in [0.5, 0.6) is 0 Å². The van der Waals surface area contributed by atoms with E-state index in [1.54, 1.807) is 6.08 Å². The number of methoxy groups -OCH3 is 1. The Labute approximate surface area is 205 Å². The summed E-state index contributed by atoms with van der Waals surface area (Å²) in [5, 5.41) is 0. The van der Waals surface area contributed by atoms with Crippen LogP contribution in [0.25, 0.3) is 6.08 Å². The highest BCUT2D eigenvalue weighted by Gasteiger charge is 2.52. The zero-order valence-electron chi connectivity index (χ0n) is 21.6. The van der Waals surface area contributed by atoms with Crippen molar-refractivity contribution >= 4 is 18.0 Å². The van der Waals surface area contributed by atoms with Crippen LogP contribution in [0.4, 0.5) is 0 Å². The highest BCUT2D eigenvalue weighted by molar-refractivity contribution is 5.87. The molecule has 1 fully saturated rings. The minimum absolute atomic E-state index is 0.0588. The van der Waals surface area contributed by atoms with Crippen LogP contribution in [0.2, 0.25) is 0 Å². The fourth-order valence-corrected chi connectivity index (χ4v) is 6.01. The van der Waals surface area contributed by atoms with Gasteiger partial charge in [-0.3, -0.25) is 4.79 Å². The number of rotatable bonds is 9. The predicted octanol–water partition coefficient (Wildman–Crippen LogP) is 7.00. The molecule has 0 saturated heterocycles. The van der Waals surface area contributed by atoms with Crippen molar-refractivity contribution in [2.75, 3.05) is 13.7 Å². The van der Waals surface area contributed by atoms with Crippen molar-refractivity contribution in [3.8, 4) is 0 Å². The summed E-state index contributed by atoms with van der Waals surface area (Å²) in [6, 6.07) is 9.76. The SMILES string of the molecule is COC(=O)[C@]1(C)CCC=C2[C@H]1CC[C@H](C)[C@@]2(C)CC[C@H](C)CCOC(=O)/C=C\c1ccccc1. The normalized spacial score (nSPS) is 29.7. The van der Waals surface area contributed by atoms with Gasteiger partial charge < -0.3 is 9.47 Å². The molecule has 0 bridgehead atoms. The van der Waals surface area contributed by atoms with Gasteiger partial charge in [-0.1, -0.05) is 62.8 Å². The Kier molecular flexibility index (Phi) is 8.78. The van der Waals surface area contributed by atoms with Crippen LogP contribution in [0.15, 0.2) is 48.1 Å². The van der Waals surface area contributed by atoms with E-state index in [9.17, 15) is 9.59 Å². The largest absolute Gasteiger partial charge is 0.469 e. The molecule has 2 aliphatic carbocycles. The Morgan fingerprint density at radius 3 is 2.59 bits per heavy atom. The molecule has 0 unspecified atom stereocenters. The van der Waals surface area contributed by atoms with Crippen molar-refractivity contribution in [1.29, 1.82) is 0 Å². The molecule has 34 heavy (non-hydrogen) atoms. The zero-order chi connectivity index (χ0) is 24.8. The van der Waals surface area contributed by atoms with E-state index in [1.165, 1.54) is 18.8 Å². The van der Waals surface area contributed by atoms with Gasteiger partial charge >= 0.3 is 11.9 Å². The number of esters is 2. The lowest BCUT2D eigenvalue weighted by atomic mass is 9.51. The highest BCUT2D eigenvalue weighted by atomic mass is 16.5. The number of fused-ring (bicyclic) bond motifs is 1. The molecule has 0 heterocycles. The third kappa shape index (κ3) is 5.82. The van der Waals surface area contributed by atoms with Crippen molar-refractivity contribution < 1.29 is 19.1 Å². The van der Waals surface area contributed by atoms with Crippen molar-refractivity contribution in [1.82, 2.24) is 0 Å². The number of hydrogen-bond donors (Lipinski definition) is 0. The fourth-order valence-electron chi connectivity index (χ4n) is 6.01. The van der Waals surface area contributed by atoms with Gasteiger partial charge in [0.2, 0.25) is 0 Å². The van der Waals surface area contributed by atoms with Gasteiger partial charge in [-0.15, -0.1) is 0 Å². The van der Waals surface area contributed by atoms with Crippen LogP contribution in [-0.4, -0.2) is 25.7 Å². The van der Waals surface area contributed by atoms with Gasteiger partial charge in [-0.25, -0.2) is 4.79 Å². The van der Waals surface area contributed by atoms with Gasteiger partial charge in [-0.2, -0.15) is 0 Å². The Morgan fingerprint density at radius 2 is 1.88 bits per heavy atom. The second-order valence-electron chi connectivity index (χ2n) is 10.9. The van der Waals surface area contributed by atoms with Gasteiger partial charge in [0, 0.05) is 6.08 Å². The summed E-state index contributed by atoms with van der Waals surface area (Å²) >= 11 is 0. The van der Waals surface area contributed by atoms with Crippen LogP contribution < -0.4 is 0 Å². The lowest BCUT2D eigenvalue weighted by molar-refractivity contribution is -0.156. The van der Waals surface area contributed by atoms with E-state index in [1.807, 2.05) is 30.3 Å². The zero-order valence-corrected chi connectivity index (χ0v) is 21.6. The average molecular weight is 467 g/mol. The maximum atomic E-state index is 12.7. The van der Waals surface area contributed by atoms with Crippen LogP contribution in [0, 0.1) is 28.6 Å². The van der Waals surface area contributed by atoms with E-state index >= 15 is 0 Å². The number of carbonyl (C=O) groups is 2. The molecule has 0 aromatic heterocycles. The molecule has 0 radical (unpaired) electrons. The third-order valence-corrected chi connectivity index (χ3v) is 8.68. The van der Waals surface area contributed by atoms with E-state index in [0.717, 1.165) is 50.5 Å². The van der Waals surface area contributed by atoms with Crippen molar-refractivity contribution in [2.45, 2.75) is 72.6 Å². The molecule has 186 valence electrons. The number of ether oxygens (including phenoxy) is 2. The first-order valence-corrected chi connectivity index (χ1v) is 12.9. The lowest BCUT2D eigenvalue weighted by Crippen LogP contribution is -2.47. The summed E-state index contributed by atoms with van der Waals surface area (Å²) in [5.74, 6) is 0.981. The Bertz CT molecular complexity index is 902. The number of carbonyl (C=O) groups excluding carboxylic acids is 2. The van der Waals surface area contributed by atoms with Crippen molar-refractivity contribution in [3.63, 3.8) is 0 Å². The maximum Gasteiger partial charge on any atom is 0.330 e. The molecule has 1 aromatic rings. The molecule has 0 amide bonds. The summed E-state index contributed by atoms with van der Waals surface area (Å²) < 4.78 is 10.7.